The molecule has 2 aromatic rings. The number of thioether (sulfide) groups is 1. The van der Waals surface area contributed by atoms with Gasteiger partial charge in [-0.2, -0.15) is 11.8 Å². The fraction of sp³-hybridized carbons (Fsp3) is 0.500. The average molecular weight is 486 g/mol. The number of halogens is 1. The van der Waals surface area contributed by atoms with E-state index in [9.17, 15) is 0 Å². The number of nitrogens with zero attached hydrogens (tertiary/aromatic N) is 5. The van der Waals surface area contributed by atoms with Crippen molar-refractivity contribution in [2.75, 3.05) is 25.9 Å². The molecule has 8 heteroatoms. The van der Waals surface area contributed by atoms with Crippen molar-refractivity contribution in [1.82, 2.24) is 24.8 Å². The lowest BCUT2D eigenvalue weighted by molar-refractivity contribution is 0.380. The Hall–Kier alpha value is -1.29. The van der Waals surface area contributed by atoms with Gasteiger partial charge in [0.25, 0.3) is 0 Å². The lowest BCUT2D eigenvalue weighted by Gasteiger charge is -2.36. The number of aromatic nitrogens is 3. The van der Waals surface area contributed by atoms with Gasteiger partial charge in [-0.25, -0.2) is 9.97 Å². The molecule has 1 aliphatic rings. The molecule has 0 spiro atoms. The zero-order valence-corrected chi connectivity index (χ0v) is 18.6. The van der Waals surface area contributed by atoms with Crippen molar-refractivity contribution in [1.29, 1.82) is 0 Å². The Kier molecular flexibility index (Phi) is 8.20. The quantitative estimate of drug-likeness (QED) is 0.409. The number of imidazole rings is 1. The van der Waals surface area contributed by atoms with Gasteiger partial charge in [-0.3, -0.25) is 9.56 Å². The fourth-order valence-corrected chi connectivity index (χ4v) is 4.26. The van der Waals surface area contributed by atoms with Crippen LogP contribution in [0.25, 0.3) is 5.82 Å². The molecule has 3 heterocycles. The van der Waals surface area contributed by atoms with Crippen LogP contribution in [0.3, 0.4) is 0 Å². The van der Waals surface area contributed by atoms with Crippen LogP contribution in [0, 0.1) is 5.92 Å². The molecule has 26 heavy (non-hydrogen) atoms. The van der Waals surface area contributed by atoms with Crippen molar-refractivity contribution in [3.05, 3.63) is 42.6 Å². The third-order valence-corrected chi connectivity index (χ3v) is 5.94. The predicted molar refractivity (Wildman–Crippen MR) is 120 cm³/mol. The fourth-order valence-electron chi connectivity index (χ4n) is 2.96. The van der Waals surface area contributed by atoms with Crippen molar-refractivity contribution in [2.24, 2.45) is 10.9 Å². The number of guanidine groups is 1. The zero-order valence-electron chi connectivity index (χ0n) is 15.5. The maximum Gasteiger partial charge on any atom is 0.193 e. The minimum Gasteiger partial charge on any atom is -0.352 e. The second-order valence-electron chi connectivity index (χ2n) is 6.46. The van der Waals surface area contributed by atoms with Gasteiger partial charge in [-0.05, 0) is 12.0 Å². The maximum atomic E-state index is 4.50. The summed E-state index contributed by atoms with van der Waals surface area (Å²) in [6.07, 6.45) is 7.26. The summed E-state index contributed by atoms with van der Waals surface area (Å²) in [5, 5.41) is 4.17. The normalized spacial score (nSPS) is 17.9. The average Bonchev–Trinajstić information content (AvgIpc) is 3.17. The van der Waals surface area contributed by atoms with E-state index in [0.717, 1.165) is 36.2 Å². The summed E-state index contributed by atoms with van der Waals surface area (Å²) in [4.78, 5) is 15.5. The van der Waals surface area contributed by atoms with Gasteiger partial charge in [0, 0.05) is 61.8 Å². The summed E-state index contributed by atoms with van der Waals surface area (Å²) < 4.78 is 1.94. The molecule has 1 aliphatic heterocycles. The first-order chi connectivity index (χ1) is 12.2. The van der Waals surface area contributed by atoms with E-state index in [1.165, 1.54) is 0 Å². The summed E-state index contributed by atoms with van der Waals surface area (Å²) in [5.41, 5.74) is 1.12. The van der Waals surface area contributed by atoms with Crippen LogP contribution in [0.1, 0.15) is 19.4 Å². The number of rotatable bonds is 4. The molecule has 1 saturated heterocycles. The highest BCUT2D eigenvalue weighted by Gasteiger charge is 2.24. The molecule has 0 bridgehead atoms. The molecule has 1 N–H and O–H groups in total. The Morgan fingerprint density at radius 2 is 2.27 bits per heavy atom. The van der Waals surface area contributed by atoms with Crippen molar-refractivity contribution < 1.29 is 0 Å². The van der Waals surface area contributed by atoms with E-state index in [4.69, 9.17) is 0 Å². The van der Waals surface area contributed by atoms with Crippen LogP contribution in [0.4, 0.5) is 0 Å². The second kappa shape index (κ2) is 10.1. The van der Waals surface area contributed by atoms with Crippen LogP contribution in [0.15, 0.2) is 42.0 Å². The summed E-state index contributed by atoms with van der Waals surface area (Å²) >= 11 is 2.07. The Bertz CT molecular complexity index is 703. The molecule has 1 atom stereocenters. The zero-order chi connectivity index (χ0) is 17.6. The lowest BCUT2D eigenvalue weighted by atomic mass is 10.1. The smallest absolute Gasteiger partial charge is 0.193 e. The van der Waals surface area contributed by atoms with Gasteiger partial charge in [0.15, 0.2) is 5.96 Å². The van der Waals surface area contributed by atoms with E-state index in [2.05, 4.69) is 56.9 Å². The van der Waals surface area contributed by atoms with E-state index >= 15 is 0 Å². The highest BCUT2D eigenvalue weighted by molar-refractivity contribution is 14.0. The molecule has 0 aliphatic carbocycles. The lowest BCUT2D eigenvalue weighted by Crippen LogP contribution is -2.48. The van der Waals surface area contributed by atoms with Gasteiger partial charge < -0.3 is 10.2 Å². The second-order valence-corrected chi connectivity index (χ2v) is 7.80. The first kappa shape index (κ1) is 21.0. The van der Waals surface area contributed by atoms with Crippen molar-refractivity contribution in [3.8, 4) is 5.82 Å². The first-order valence-corrected chi connectivity index (χ1v) is 9.73. The van der Waals surface area contributed by atoms with E-state index in [1.54, 1.807) is 12.5 Å². The van der Waals surface area contributed by atoms with Crippen LogP contribution in [-0.2, 0) is 6.54 Å². The summed E-state index contributed by atoms with van der Waals surface area (Å²) in [5.74, 6) is 3.69. The van der Waals surface area contributed by atoms with Gasteiger partial charge in [0.1, 0.15) is 12.1 Å². The van der Waals surface area contributed by atoms with Crippen LogP contribution >= 0.6 is 35.7 Å². The molecule has 0 amide bonds. The van der Waals surface area contributed by atoms with Crippen LogP contribution in [0.2, 0.25) is 0 Å². The number of pyridine rings is 1. The van der Waals surface area contributed by atoms with E-state index < -0.39 is 0 Å². The number of nitrogens with one attached hydrogen (secondary N) is 1. The first-order valence-electron chi connectivity index (χ1n) is 8.68. The molecule has 142 valence electrons. The highest BCUT2D eigenvalue weighted by Crippen LogP contribution is 2.25. The molecular formula is C18H27IN6S. The molecule has 3 rings (SSSR count). The topological polar surface area (TPSA) is 58.3 Å². The summed E-state index contributed by atoms with van der Waals surface area (Å²) in [7, 11) is 1.86. The standard InChI is InChI=1S/C18H26N6S.HI/c1-14(2)16-12-23(9-10-25-16)18(19-3)22-11-15-5-4-6-21-17(15)24-8-7-20-13-24;/h4-8,13-14,16H,9-12H2,1-3H3,(H,19,22);1H. The molecule has 1 fully saturated rings. The summed E-state index contributed by atoms with van der Waals surface area (Å²) in [6, 6.07) is 4.05. The molecular weight excluding hydrogens is 459 g/mol. The Morgan fingerprint density at radius 1 is 1.42 bits per heavy atom. The van der Waals surface area contributed by atoms with Crippen molar-refractivity contribution >= 4 is 41.7 Å². The van der Waals surface area contributed by atoms with E-state index in [0.29, 0.717) is 17.7 Å². The van der Waals surface area contributed by atoms with Gasteiger partial charge in [0.2, 0.25) is 0 Å². The van der Waals surface area contributed by atoms with Gasteiger partial charge in [-0.1, -0.05) is 19.9 Å². The monoisotopic (exact) mass is 486 g/mol. The van der Waals surface area contributed by atoms with Crippen molar-refractivity contribution in [3.63, 3.8) is 0 Å². The predicted octanol–water partition coefficient (Wildman–Crippen LogP) is 3.03. The van der Waals surface area contributed by atoms with E-state index in [-0.39, 0.29) is 24.0 Å². The van der Waals surface area contributed by atoms with E-state index in [1.807, 2.05) is 30.1 Å². The molecule has 0 saturated carbocycles. The highest BCUT2D eigenvalue weighted by atomic mass is 127. The Labute approximate surface area is 176 Å². The van der Waals surface area contributed by atoms with Gasteiger partial charge in [0.05, 0.1) is 0 Å². The number of aliphatic imine (C=N–C) groups is 1. The molecule has 2 aromatic heterocycles. The van der Waals surface area contributed by atoms with Crippen LogP contribution in [-0.4, -0.2) is 56.5 Å². The number of hydrogen-bond acceptors (Lipinski definition) is 4. The minimum absolute atomic E-state index is 0. The third kappa shape index (κ3) is 5.12. The van der Waals surface area contributed by atoms with Gasteiger partial charge >= 0.3 is 0 Å². The van der Waals surface area contributed by atoms with Crippen molar-refractivity contribution in [2.45, 2.75) is 25.6 Å². The number of hydrogen-bond donors (Lipinski definition) is 1. The minimum atomic E-state index is 0. The summed E-state index contributed by atoms with van der Waals surface area (Å²) in [6.45, 7) is 7.36. The SMILES string of the molecule is CN=C(NCc1cccnc1-n1ccnc1)N1CCSC(C(C)C)C1.I. The largest absolute Gasteiger partial charge is 0.352 e. The third-order valence-electron chi connectivity index (χ3n) is 4.40. The molecule has 0 aromatic carbocycles. The molecule has 1 unspecified atom stereocenters. The molecule has 0 radical (unpaired) electrons. The van der Waals surface area contributed by atoms with Gasteiger partial charge in [-0.15, -0.1) is 24.0 Å². The van der Waals surface area contributed by atoms with Crippen LogP contribution in [0.5, 0.6) is 0 Å². The Morgan fingerprint density at radius 3 is 2.96 bits per heavy atom. The Balaban J connectivity index is 0.00000243. The molecule has 6 nitrogen and oxygen atoms in total. The maximum absolute atomic E-state index is 4.50. The van der Waals surface area contributed by atoms with Crippen LogP contribution < -0.4 is 5.32 Å².